The Bertz CT molecular complexity index is 812. The molecule has 0 spiro atoms. The number of urea groups is 1. The maximum Gasteiger partial charge on any atom is 0.319 e. The zero-order chi connectivity index (χ0) is 19.2. The topological polar surface area (TPSA) is 88.6 Å². The first-order chi connectivity index (χ1) is 13.1. The summed E-state index contributed by atoms with van der Waals surface area (Å²) in [6.45, 7) is 2.21. The van der Waals surface area contributed by atoms with Crippen LogP contribution in [-0.4, -0.2) is 43.3 Å². The zero-order valence-electron chi connectivity index (χ0n) is 15.3. The third-order valence-electron chi connectivity index (χ3n) is 4.25. The van der Waals surface area contributed by atoms with Gasteiger partial charge in [0.2, 0.25) is 0 Å². The van der Waals surface area contributed by atoms with Gasteiger partial charge in [0, 0.05) is 25.4 Å². The maximum absolute atomic E-state index is 12.2. The van der Waals surface area contributed by atoms with Gasteiger partial charge in [0.25, 0.3) is 0 Å². The number of ether oxygens (including phenoxy) is 2. The minimum Gasteiger partial charge on any atom is -0.495 e. The number of anilines is 2. The van der Waals surface area contributed by atoms with E-state index in [1.54, 1.807) is 18.3 Å². The van der Waals surface area contributed by atoms with Gasteiger partial charge in [0.05, 0.1) is 31.5 Å². The van der Waals surface area contributed by atoms with Crippen LogP contribution < -0.4 is 25.0 Å². The Hall–Kier alpha value is -2.74. The van der Waals surface area contributed by atoms with Crippen LogP contribution in [0.3, 0.4) is 0 Å². The first-order valence-electron chi connectivity index (χ1n) is 8.64. The highest BCUT2D eigenvalue weighted by Crippen LogP contribution is 2.35. The van der Waals surface area contributed by atoms with Crippen LogP contribution in [0.5, 0.6) is 11.5 Å². The second kappa shape index (κ2) is 8.77. The molecule has 2 amide bonds. The van der Waals surface area contributed by atoms with Crippen molar-refractivity contribution in [2.45, 2.75) is 19.4 Å². The van der Waals surface area contributed by atoms with Crippen LogP contribution >= 0.6 is 11.6 Å². The number of rotatable bonds is 6. The van der Waals surface area contributed by atoms with E-state index in [0.29, 0.717) is 28.0 Å². The second-order valence-electron chi connectivity index (χ2n) is 6.02. The molecule has 1 aliphatic heterocycles. The molecule has 1 aromatic carbocycles. The fourth-order valence-electron chi connectivity index (χ4n) is 2.88. The lowest BCUT2D eigenvalue weighted by Gasteiger charge is -2.16. The molecular formula is C18H22ClN5O3. The molecule has 0 saturated carbocycles. The molecule has 1 aliphatic rings. The predicted molar refractivity (Wildman–Crippen MR) is 104 cm³/mol. The number of hydrogen-bond acceptors (Lipinski definition) is 6. The predicted octanol–water partition coefficient (Wildman–Crippen LogP) is 3.07. The number of carbonyl (C=O) groups excluding carboxylic acids is 1. The summed E-state index contributed by atoms with van der Waals surface area (Å²) in [6, 6.07) is 4.66. The number of methoxy groups -OCH3 is 2. The van der Waals surface area contributed by atoms with Crippen LogP contribution in [-0.2, 0) is 6.54 Å². The van der Waals surface area contributed by atoms with E-state index in [1.165, 1.54) is 27.1 Å². The van der Waals surface area contributed by atoms with Crippen molar-refractivity contribution in [2.24, 2.45) is 0 Å². The van der Waals surface area contributed by atoms with E-state index < -0.39 is 6.03 Å². The number of benzene rings is 1. The Balaban J connectivity index is 1.62. The van der Waals surface area contributed by atoms with Crippen LogP contribution in [0.15, 0.2) is 24.4 Å². The first-order valence-corrected chi connectivity index (χ1v) is 9.01. The SMILES string of the molecule is COc1cc(OC)c(NC(=O)NCc2nccc(N3CCCC3)n2)cc1Cl. The van der Waals surface area contributed by atoms with Crippen molar-refractivity contribution in [3.8, 4) is 11.5 Å². The van der Waals surface area contributed by atoms with Gasteiger partial charge in [-0.1, -0.05) is 11.6 Å². The van der Waals surface area contributed by atoms with Gasteiger partial charge in [-0.2, -0.15) is 0 Å². The largest absolute Gasteiger partial charge is 0.495 e. The van der Waals surface area contributed by atoms with Crippen molar-refractivity contribution in [3.63, 3.8) is 0 Å². The summed E-state index contributed by atoms with van der Waals surface area (Å²) >= 11 is 6.12. The van der Waals surface area contributed by atoms with E-state index in [1.807, 2.05) is 6.07 Å². The molecule has 2 heterocycles. The Morgan fingerprint density at radius 2 is 1.96 bits per heavy atom. The van der Waals surface area contributed by atoms with E-state index in [9.17, 15) is 4.79 Å². The third kappa shape index (κ3) is 4.71. The van der Waals surface area contributed by atoms with Crippen LogP contribution in [0.1, 0.15) is 18.7 Å². The molecule has 1 saturated heterocycles. The maximum atomic E-state index is 12.2. The molecule has 0 radical (unpaired) electrons. The molecule has 8 nitrogen and oxygen atoms in total. The highest BCUT2D eigenvalue weighted by Gasteiger charge is 2.15. The fraction of sp³-hybridized carbons (Fsp3) is 0.389. The summed E-state index contributed by atoms with van der Waals surface area (Å²) in [5.41, 5.74) is 0.438. The average Bonchev–Trinajstić information content (AvgIpc) is 3.22. The Morgan fingerprint density at radius 3 is 2.67 bits per heavy atom. The number of nitrogens with one attached hydrogen (secondary N) is 2. The number of hydrogen-bond donors (Lipinski definition) is 2. The van der Waals surface area contributed by atoms with Gasteiger partial charge in [0.15, 0.2) is 0 Å². The number of nitrogens with zero attached hydrogens (tertiary/aromatic N) is 3. The molecule has 2 N–H and O–H groups in total. The summed E-state index contributed by atoms with van der Waals surface area (Å²) in [5, 5.41) is 5.82. The molecule has 0 bridgehead atoms. The van der Waals surface area contributed by atoms with Gasteiger partial charge in [-0.3, -0.25) is 0 Å². The number of aromatic nitrogens is 2. The molecule has 1 fully saturated rings. The fourth-order valence-corrected chi connectivity index (χ4v) is 3.12. The molecule has 144 valence electrons. The quantitative estimate of drug-likeness (QED) is 0.786. The van der Waals surface area contributed by atoms with Crippen LogP contribution in [0, 0.1) is 0 Å². The van der Waals surface area contributed by atoms with Crippen molar-refractivity contribution < 1.29 is 14.3 Å². The highest BCUT2D eigenvalue weighted by molar-refractivity contribution is 6.32. The van der Waals surface area contributed by atoms with Gasteiger partial charge in [-0.15, -0.1) is 0 Å². The molecule has 0 atom stereocenters. The normalized spacial score (nSPS) is 13.4. The lowest BCUT2D eigenvalue weighted by molar-refractivity contribution is 0.251. The molecule has 1 aromatic heterocycles. The zero-order valence-corrected chi connectivity index (χ0v) is 16.0. The summed E-state index contributed by atoms with van der Waals surface area (Å²) in [4.78, 5) is 23.2. The Kier molecular flexibility index (Phi) is 6.18. The number of amides is 2. The van der Waals surface area contributed by atoms with E-state index in [-0.39, 0.29) is 6.54 Å². The lowest BCUT2D eigenvalue weighted by Crippen LogP contribution is -2.29. The third-order valence-corrected chi connectivity index (χ3v) is 4.55. The summed E-state index contributed by atoms with van der Waals surface area (Å²) in [7, 11) is 3.01. The Labute approximate surface area is 162 Å². The molecule has 3 rings (SSSR count). The summed E-state index contributed by atoms with van der Waals surface area (Å²) in [6.07, 6.45) is 4.06. The van der Waals surface area contributed by atoms with Crippen molar-refractivity contribution in [3.05, 3.63) is 35.2 Å². The van der Waals surface area contributed by atoms with E-state index in [0.717, 1.165) is 18.9 Å². The highest BCUT2D eigenvalue weighted by atomic mass is 35.5. The number of carbonyl (C=O) groups is 1. The van der Waals surface area contributed by atoms with Gasteiger partial charge >= 0.3 is 6.03 Å². The van der Waals surface area contributed by atoms with Crippen molar-refractivity contribution >= 4 is 29.1 Å². The minimum atomic E-state index is -0.412. The smallest absolute Gasteiger partial charge is 0.319 e. The van der Waals surface area contributed by atoms with Gasteiger partial charge in [0.1, 0.15) is 23.1 Å². The lowest BCUT2D eigenvalue weighted by atomic mass is 10.2. The molecule has 9 heteroatoms. The number of halogens is 1. The van der Waals surface area contributed by atoms with Crippen molar-refractivity contribution in [1.82, 2.24) is 15.3 Å². The molecular weight excluding hydrogens is 370 g/mol. The van der Waals surface area contributed by atoms with E-state index >= 15 is 0 Å². The minimum absolute atomic E-state index is 0.208. The van der Waals surface area contributed by atoms with Crippen molar-refractivity contribution in [2.75, 3.05) is 37.5 Å². The summed E-state index contributed by atoms with van der Waals surface area (Å²) in [5.74, 6) is 2.35. The van der Waals surface area contributed by atoms with Gasteiger partial charge in [-0.25, -0.2) is 14.8 Å². The molecule has 0 aliphatic carbocycles. The van der Waals surface area contributed by atoms with Crippen molar-refractivity contribution in [1.29, 1.82) is 0 Å². The van der Waals surface area contributed by atoms with Gasteiger partial charge in [-0.05, 0) is 25.0 Å². The van der Waals surface area contributed by atoms with Gasteiger partial charge < -0.3 is 25.0 Å². The van der Waals surface area contributed by atoms with Crippen LogP contribution in [0.4, 0.5) is 16.3 Å². The first kappa shape index (κ1) is 19.0. The average molecular weight is 392 g/mol. The second-order valence-corrected chi connectivity index (χ2v) is 6.43. The van der Waals surface area contributed by atoms with Crippen LogP contribution in [0.25, 0.3) is 0 Å². The standard InChI is InChI=1S/C18H22ClN5O3/c1-26-14-10-15(27-2)13(9-12(14)19)22-18(25)21-11-16-20-6-5-17(23-16)24-7-3-4-8-24/h5-6,9-10H,3-4,7-8,11H2,1-2H3,(H2,21,22,25). The monoisotopic (exact) mass is 391 g/mol. The molecule has 27 heavy (non-hydrogen) atoms. The van der Waals surface area contributed by atoms with E-state index in [2.05, 4.69) is 25.5 Å². The molecule has 0 unspecified atom stereocenters. The summed E-state index contributed by atoms with van der Waals surface area (Å²) < 4.78 is 10.4. The van der Waals surface area contributed by atoms with Crippen LogP contribution in [0.2, 0.25) is 5.02 Å². The van der Waals surface area contributed by atoms with E-state index in [4.69, 9.17) is 21.1 Å². The Morgan fingerprint density at radius 1 is 1.22 bits per heavy atom. The molecule has 2 aromatic rings.